The molecule has 0 radical (unpaired) electrons. The summed E-state index contributed by atoms with van der Waals surface area (Å²) in [5.41, 5.74) is 2.69. The second kappa shape index (κ2) is 11.2. The van der Waals surface area contributed by atoms with Gasteiger partial charge in [0.05, 0.1) is 25.9 Å². The van der Waals surface area contributed by atoms with Gasteiger partial charge >= 0.3 is 0 Å². The molecule has 0 saturated carbocycles. The summed E-state index contributed by atoms with van der Waals surface area (Å²) >= 11 is 5.75. The van der Waals surface area contributed by atoms with Gasteiger partial charge in [-0.25, -0.2) is 0 Å². The summed E-state index contributed by atoms with van der Waals surface area (Å²) in [6.45, 7) is 9.51. The highest BCUT2D eigenvalue weighted by molar-refractivity contribution is 7.80. The van der Waals surface area contributed by atoms with Gasteiger partial charge in [-0.05, 0) is 68.5 Å². The number of fused-ring (bicyclic) bond motifs is 1. The number of nitrogens with one attached hydrogen (secondary N) is 2. The maximum absolute atomic E-state index is 12.8. The zero-order chi connectivity index (χ0) is 22.3. The Hall–Kier alpha value is -2.00. The molecule has 2 fully saturated rings. The van der Waals surface area contributed by atoms with Crippen molar-refractivity contribution >= 4 is 28.2 Å². The number of ether oxygens (including phenoxy) is 2. The van der Waals surface area contributed by atoms with E-state index in [1.54, 1.807) is 0 Å². The first-order chi connectivity index (χ1) is 15.6. The number of rotatable bonds is 8. The summed E-state index contributed by atoms with van der Waals surface area (Å²) in [7, 11) is 0. The van der Waals surface area contributed by atoms with Crippen LogP contribution in [0.15, 0.2) is 29.1 Å². The van der Waals surface area contributed by atoms with E-state index in [4.69, 9.17) is 21.7 Å². The van der Waals surface area contributed by atoms with Gasteiger partial charge in [-0.15, -0.1) is 0 Å². The van der Waals surface area contributed by atoms with E-state index >= 15 is 0 Å². The van der Waals surface area contributed by atoms with E-state index in [9.17, 15) is 4.79 Å². The van der Waals surface area contributed by atoms with Crippen LogP contribution in [0.25, 0.3) is 10.9 Å². The molecule has 0 unspecified atom stereocenters. The van der Waals surface area contributed by atoms with Crippen molar-refractivity contribution in [3.05, 3.63) is 45.7 Å². The third-order valence-electron chi connectivity index (χ3n) is 6.20. The molecule has 8 heteroatoms. The van der Waals surface area contributed by atoms with Crippen molar-refractivity contribution in [3.63, 3.8) is 0 Å². The molecule has 32 heavy (non-hydrogen) atoms. The predicted molar refractivity (Wildman–Crippen MR) is 131 cm³/mol. The first kappa shape index (κ1) is 23.2. The van der Waals surface area contributed by atoms with Gasteiger partial charge in [-0.3, -0.25) is 9.69 Å². The molecule has 2 aliphatic heterocycles. The average Bonchev–Trinajstić information content (AvgIpc) is 3.31. The monoisotopic (exact) mass is 458 g/mol. The van der Waals surface area contributed by atoms with Crippen LogP contribution in [0.1, 0.15) is 30.4 Å². The highest BCUT2D eigenvalue weighted by Crippen LogP contribution is 2.17. The number of H-pyrrole nitrogens is 1. The number of aromatic amines is 1. The van der Waals surface area contributed by atoms with E-state index in [-0.39, 0.29) is 11.7 Å². The van der Waals surface area contributed by atoms with Crippen LogP contribution in [0.5, 0.6) is 0 Å². The Kier molecular flexibility index (Phi) is 8.13. The van der Waals surface area contributed by atoms with Gasteiger partial charge in [0, 0.05) is 43.9 Å². The molecule has 0 spiro atoms. The van der Waals surface area contributed by atoms with E-state index in [0.717, 1.165) is 81.7 Å². The molecule has 2 N–H and O–H groups in total. The number of aryl methyl sites for hydroxylation is 1. The second-order valence-corrected chi connectivity index (χ2v) is 9.16. The van der Waals surface area contributed by atoms with Gasteiger partial charge in [-0.1, -0.05) is 11.6 Å². The normalized spacial score (nSPS) is 19.3. The molecule has 1 aromatic carbocycles. The van der Waals surface area contributed by atoms with Gasteiger partial charge in [0.25, 0.3) is 5.56 Å². The van der Waals surface area contributed by atoms with E-state index in [1.165, 1.54) is 5.56 Å². The van der Waals surface area contributed by atoms with Crippen molar-refractivity contribution in [3.8, 4) is 0 Å². The minimum Gasteiger partial charge on any atom is -0.379 e. The van der Waals surface area contributed by atoms with E-state index in [2.05, 4.69) is 33.1 Å². The average molecular weight is 459 g/mol. The van der Waals surface area contributed by atoms with Crippen molar-refractivity contribution < 1.29 is 9.47 Å². The molecule has 174 valence electrons. The number of benzene rings is 1. The predicted octanol–water partition coefficient (Wildman–Crippen LogP) is 2.41. The molecule has 2 aliphatic rings. The Bertz CT molecular complexity index is 967. The number of pyridine rings is 1. The van der Waals surface area contributed by atoms with Gasteiger partial charge in [0.2, 0.25) is 0 Å². The summed E-state index contributed by atoms with van der Waals surface area (Å²) in [5, 5.41) is 5.14. The minimum absolute atomic E-state index is 0.0613. The Morgan fingerprint density at radius 3 is 2.91 bits per heavy atom. The maximum Gasteiger partial charge on any atom is 0.253 e. The van der Waals surface area contributed by atoms with E-state index < -0.39 is 0 Å². The van der Waals surface area contributed by atoms with Gasteiger partial charge in [-0.2, -0.15) is 0 Å². The lowest BCUT2D eigenvalue weighted by Crippen LogP contribution is -2.45. The third-order valence-corrected chi connectivity index (χ3v) is 6.61. The molecule has 0 aliphatic carbocycles. The third kappa shape index (κ3) is 6.28. The van der Waals surface area contributed by atoms with Gasteiger partial charge < -0.3 is 24.7 Å². The largest absolute Gasteiger partial charge is 0.379 e. The zero-order valence-electron chi connectivity index (χ0n) is 18.9. The zero-order valence-corrected chi connectivity index (χ0v) is 19.7. The van der Waals surface area contributed by atoms with Crippen molar-refractivity contribution in [2.45, 2.75) is 38.8 Å². The SMILES string of the molecule is Cc1ccc2[nH]c(=O)c(CN(C[C@@H]3CCCO3)C(=S)NCCCN3CCOCC3)cc2c1. The fraction of sp³-hybridized carbons (Fsp3) is 0.583. The second-order valence-electron chi connectivity index (χ2n) is 8.77. The number of thiocarbonyl (C=S) groups is 1. The Labute approximate surface area is 195 Å². The fourth-order valence-electron chi connectivity index (χ4n) is 4.38. The molecule has 1 aromatic heterocycles. The summed E-state index contributed by atoms with van der Waals surface area (Å²) in [6, 6.07) is 8.06. The van der Waals surface area contributed by atoms with Crippen molar-refractivity contribution in [1.29, 1.82) is 0 Å². The molecule has 4 rings (SSSR count). The molecule has 1 atom stereocenters. The number of hydrogen-bond donors (Lipinski definition) is 2. The molecule has 2 aromatic rings. The van der Waals surface area contributed by atoms with Crippen LogP contribution < -0.4 is 10.9 Å². The molecular formula is C24H34N4O3S. The first-order valence-corrected chi connectivity index (χ1v) is 12.1. The van der Waals surface area contributed by atoms with Gasteiger partial charge in [0.15, 0.2) is 5.11 Å². The van der Waals surface area contributed by atoms with Crippen molar-refractivity contribution in [1.82, 2.24) is 20.1 Å². The highest BCUT2D eigenvalue weighted by atomic mass is 32.1. The maximum atomic E-state index is 12.8. The first-order valence-electron chi connectivity index (χ1n) is 11.7. The number of hydrogen-bond acceptors (Lipinski definition) is 5. The number of nitrogens with zero attached hydrogens (tertiary/aromatic N) is 2. The summed E-state index contributed by atoms with van der Waals surface area (Å²) < 4.78 is 11.3. The lowest BCUT2D eigenvalue weighted by molar-refractivity contribution is 0.0375. The Morgan fingerprint density at radius 1 is 1.28 bits per heavy atom. The molecular weight excluding hydrogens is 424 g/mol. The van der Waals surface area contributed by atoms with Crippen LogP contribution in [0.2, 0.25) is 0 Å². The van der Waals surface area contributed by atoms with Crippen LogP contribution in [0.4, 0.5) is 0 Å². The topological polar surface area (TPSA) is 69.8 Å². The fourth-order valence-corrected chi connectivity index (χ4v) is 4.62. The summed E-state index contributed by atoms with van der Waals surface area (Å²) in [6.07, 6.45) is 3.28. The van der Waals surface area contributed by atoms with Gasteiger partial charge in [0.1, 0.15) is 0 Å². The van der Waals surface area contributed by atoms with E-state index in [1.807, 2.05) is 18.2 Å². The molecule has 3 heterocycles. The van der Waals surface area contributed by atoms with Crippen LogP contribution in [-0.4, -0.2) is 78.5 Å². The summed E-state index contributed by atoms with van der Waals surface area (Å²) in [5.74, 6) is 0. The number of morpholine rings is 1. The molecule has 2 saturated heterocycles. The van der Waals surface area contributed by atoms with Crippen LogP contribution in [0, 0.1) is 6.92 Å². The Balaban J connectivity index is 1.40. The highest BCUT2D eigenvalue weighted by Gasteiger charge is 2.22. The number of aromatic nitrogens is 1. The quantitative estimate of drug-likeness (QED) is 0.465. The molecule has 0 bridgehead atoms. The van der Waals surface area contributed by atoms with Crippen LogP contribution >= 0.6 is 12.2 Å². The standard InChI is InChI=1S/C24H34N4O3S/c1-18-5-6-22-19(14-18)15-20(23(29)26-22)16-28(17-21-4-2-11-31-21)24(32)25-7-3-8-27-9-12-30-13-10-27/h5-6,14-15,21H,2-4,7-13,16-17H2,1H3,(H,25,32)(H,26,29)/t21-/m0/s1. The minimum atomic E-state index is -0.0613. The lowest BCUT2D eigenvalue weighted by Gasteiger charge is -2.29. The molecule has 7 nitrogen and oxygen atoms in total. The lowest BCUT2D eigenvalue weighted by atomic mass is 10.1. The summed E-state index contributed by atoms with van der Waals surface area (Å²) in [4.78, 5) is 20.3. The van der Waals surface area contributed by atoms with Crippen LogP contribution in [-0.2, 0) is 16.0 Å². The van der Waals surface area contributed by atoms with E-state index in [0.29, 0.717) is 18.2 Å². The van der Waals surface area contributed by atoms with Crippen LogP contribution in [0.3, 0.4) is 0 Å². The van der Waals surface area contributed by atoms with Crippen molar-refractivity contribution in [2.24, 2.45) is 0 Å². The van der Waals surface area contributed by atoms with Crippen molar-refractivity contribution in [2.75, 3.05) is 52.5 Å². The smallest absolute Gasteiger partial charge is 0.253 e. The molecule has 0 amide bonds. The Morgan fingerprint density at radius 2 is 2.12 bits per heavy atom.